The van der Waals surface area contributed by atoms with E-state index >= 15 is 0 Å². The van der Waals surface area contributed by atoms with Crippen LogP contribution in [0.4, 0.5) is 0 Å². The second kappa shape index (κ2) is 8.74. The standard InChI is InChI=1S/C25H29NO2/c1-28-23-10-11-24-22(17-23)16-21(25(24)27)9-5-8-19-12-14-26(15-13-19)18-20-6-3-2-4-7-20/h2-4,6-7,9-11,17,19H,5,8,12-16,18H2,1H3. The van der Waals surface area contributed by atoms with Gasteiger partial charge in [0.15, 0.2) is 5.78 Å². The molecule has 0 amide bonds. The molecule has 0 radical (unpaired) electrons. The average Bonchev–Trinajstić information content (AvgIpc) is 3.05. The molecule has 0 atom stereocenters. The molecule has 1 saturated heterocycles. The van der Waals surface area contributed by atoms with Crippen molar-refractivity contribution < 1.29 is 9.53 Å². The van der Waals surface area contributed by atoms with E-state index in [0.717, 1.165) is 47.8 Å². The van der Waals surface area contributed by atoms with Crippen molar-refractivity contribution in [3.05, 3.63) is 76.9 Å². The molecule has 1 aliphatic carbocycles. The van der Waals surface area contributed by atoms with Crippen molar-refractivity contribution in [2.45, 2.75) is 38.6 Å². The van der Waals surface area contributed by atoms with Crippen molar-refractivity contribution in [3.8, 4) is 5.75 Å². The SMILES string of the molecule is COc1ccc2c(c1)CC(=CCCC1CCN(Cc3ccccc3)CC1)C2=O. The minimum Gasteiger partial charge on any atom is -0.497 e. The molecule has 2 aromatic carbocycles. The van der Waals surface area contributed by atoms with E-state index in [-0.39, 0.29) is 5.78 Å². The Kier molecular flexibility index (Phi) is 5.92. The van der Waals surface area contributed by atoms with Crippen LogP contribution in [-0.2, 0) is 13.0 Å². The van der Waals surface area contributed by atoms with Crippen LogP contribution < -0.4 is 4.74 Å². The van der Waals surface area contributed by atoms with Crippen LogP contribution in [0, 0.1) is 5.92 Å². The smallest absolute Gasteiger partial charge is 0.189 e. The van der Waals surface area contributed by atoms with E-state index < -0.39 is 0 Å². The summed E-state index contributed by atoms with van der Waals surface area (Å²) < 4.78 is 5.28. The van der Waals surface area contributed by atoms with Crippen molar-refractivity contribution >= 4 is 5.78 Å². The molecule has 1 heterocycles. The van der Waals surface area contributed by atoms with Crippen LogP contribution in [0.25, 0.3) is 0 Å². The van der Waals surface area contributed by atoms with Gasteiger partial charge in [0.2, 0.25) is 0 Å². The summed E-state index contributed by atoms with van der Waals surface area (Å²) in [5.74, 6) is 1.81. The first kappa shape index (κ1) is 18.9. The van der Waals surface area contributed by atoms with Gasteiger partial charge in [-0.15, -0.1) is 0 Å². The molecular formula is C25H29NO2. The summed E-state index contributed by atoms with van der Waals surface area (Å²) in [6.07, 6.45) is 7.67. The number of ketones is 1. The van der Waals surface area contributed by atoms with Gasteiger partial charge < -0.3 is 4.74 Å². The van der Waals surface area contributed by atoms with Crippen molar-refractivity contribution in [2.24, 2.45) is 5.92 Å². The zero-order chi connectivity index (χ0) is 19.3. The van der Waals surface area contributed by atoms with Crippen LogP contribution in [0.3, 0.4) is 0 Å². The van der Waals surface area contributed by atoms with Gasteiger partial charge in [-0.2, -0.15) is 0 Å². The molecule has 2 aromatic rings. The van der Waals surface area contributed by atoms with Gasteiger partial charge in [-0.1, -0.05) is 36.4 Å². The lowest BCUT2D eigenvalue weighted by Gasteiger charge is -2.31. The summed E-state index contributed by atoms with van der Waals surface area (Å²) in [4.78, 5) is 15.1. The summed E-state index contributed by atoms with van der Waals surface area (Å²) in [5, 5.41) is 0. The lowest BCUT2D eigenvalue weighted by molar-refractivity contribution is 0.103. The number of ether oxygens (including phenoxy) is 1. The summed E-state index contributed by atoms with van der Waals surface area (Å²) in [6, 6.07) is 16.5. The van der Waals surface area contributed by atoms with Gasteiger partial charge in [-0.05, 0) is 74.0 Å². The summed E-state index contributed by atoms with van der Waals surface area (Å²) >= 11 is 0. The van der Waals surface area contributed by atoms with Crippen LogP contribution in [0.5, 0.6) is 5.75 Å². The Morgan fingerprint density at radius 2 is 1.89 bits per heavy atom. The zero-order valence-electron chi connectivity index (χ0n) is 16.7. The molecule has 2 aliphatic rings. The van der Waals surface area contributed by atoms with Gasteiger partial charge in [0.1, 0.15) is 5.75 Å². The van der Waals surface area contributed by atoms with Crippen molar-refractivity contribution in [1.29, 1.82) is 0 Å². The average molecular weight is 376 g/mol. The number of piperidine rings is 1. The van der Waals surface area contributed by atoms with Gasteiger partial charge in [0.05, 0.1) is 7.11 Å². The van der Waals surface area contributed by atoms with Gasteiger partial charge >= 0.3 is 0 Å². The summed E-state index contributed by atoms with van der Waals surface area (Å²) in [5.41, 5.74) is 4.32. The molecule has 0 N–H and O–H groups in total. The number of benzene rings is 2. The maximum atomic E-state index is 12.6. The monoisotopic (exact) mass is 375 g/mol. The predicted octanol–water partition coefficient (Wildman–Crippen LogP) is 5.05. The van der Waals surface area contributed by atoms with Crippen LogP contribution in [0.2, 0.25) is 0 Å². The zero-order valence-corrected chi connectivity index (χ0v) is 16.7. The fraction of sp³-hybridized carbons (Fsp3) is 0.400. The highest BCUT2D eigenvalue weighted by molar-refractivity contribution is 6.13. The van der Waals surface area contributed by atoms with E-state index in [1.54, 1.807) is 7.11 Å². The maximum Gasteiger partial charge on any atom is 0.189 e. The van der Waals surface area contributed by atoms with Crippen molar-refractivity contribution in [2.75, 3.05) is 20.2 Å². The lowest BCUT2D eigenvalue weighted by atomic mass is 9.91. The molecule has 4 rings (SSSR count). The quantitative estimate of drug-likeness (QED) is 0.662. The number of likely N-dealkylation sites (tertiary alicyclic amines) is 1. The molecule has 1 aliphatic heterocycles. The molecule has 3 nitrogen and oxygen atoms in total. The number of Topliss-reactive ketones (excluding diaryl/α,β-unsaturated/α-hetero) is 1. The number of carbonyl (C=O) groups is 1. The second-order valence-electron chi connectivity index (χ2n) is 8.04. The summed E-state index contributed by atoms with van der Waals surface area (Å²) in [6.45, 7) is 3.43. The first-order chi connectivity index (χ1) is 13.7. The topological polar surface area (TPSA) is 29.5 Å². The van der Waals surface area contributed by atoms with Crippen LogP contribution >= 0.6 is 0 Å². The number of fused-ring (bicyclic) bond motifs is 1. The number of nitrogens with zero attached hydrogens (tertiary/aromatic N) is 1. The van der Waals surface area contributed by atoms with Gasteiger partial charge in [-0.3, -0.25) is 9.69 Å². The highest BCUT2D eigenvalue weighted by Gasteiger charge is 2.25. The minimum absolute atomic E-state index is 0.204. The second-order valence-corrected chi connectivity index (χ2v) is 8.04. The van der Waals surface area contributed by atoms with Gasteiger partial charge in [-0.25, -0.2) is 0 Å². The molecule has 28 heavy (non-hydrogen) atoms. The number of rotatable bonds is 6. The van der Waals surface area contributed by atoms with Crippen LogP contribution in [0.1, 0.15) is 47.2 Å². The Morgan fingerprint density at radius 1 is 1.11 bits per heavy atom. The summed E-state index contributed by atoms with van der Waals surface area (Å²) in [7, 11) is 1.67. The molecule has 0 saturated carbocycles. The largest absolute Gasteiger partial charge is 0.497 e. The molecule has 0 unspecified atom stereocenters. The van der Waals surface area contributed by atoms with E-state index in [1.807, 2.05) is 18.2 Å². The van der Waals surface area contributed by atoms with E-state index in [1.165, 1.54) is 37.9 Å². The van der Waals surface area contributed by atoms with Crippen LogP contribution in [-0.4, -0.2) is 30.9 Å². The molecule has 146 valence electrons. The fourth-order valence-corrected chi connectivity index (χ4v) is 4.46. The van der Waals surface area contributed by atoms with E-state index in [2.05, 4.69) is 41.3 Å². The van der Waals surface area contributed by atoms with E-state index in [0.29, 0.717) is 0 Å². The number of carbonyl (C=O) groups excluding carboxylic acids is 1. The van der Waals surface area contributed by atoms with E-state index in [9.17, 15) is 4.79 Å². The number of methoxy groups -OCH3 is 1. The highest BCUT2D eigenvalue weighted by atomic mass is 16.5. The Hall–Kier alpha value is -2.39. The van der Waals surface area contributed by atoms with Crippen molar-refractivity contribution in [1.82, 2.24) is 4.90 Å². The highest BCUT2D eigenvalue weighted by Crippen LogP contribution is 2.30. The normalized spacial score (nSPS) is 19.2. The molecule has 1 fully saturated rings. The lowest BCUT2D eigenvalue weighted by Crippen LogP contribution is -2.33. The predicted molar refractivity (Wildman–Crippen MR) is 113 cm³/mol. The third-order valence-electron chi connectivity index (χ3n) is 6.15. The van der Waals surface area contributed by atoms with E-state index in [4.69, 9.17) is 4.74 Å². The Labute approximate surface area is 168 Å². The first-order valence-corrected chi connectivity index (χ1v) is 10.4. The van der Waals surface area contributed by atoms with Crippen molar-refractivity contribution in [3.63, 3.8) is 0 Å². The Morgan fingerprint density at radius 3 is 2.64 bits per heavy atom. The number of hydrogen-bond donors (Lipinski definition) is 0. The molecule has 0 aromatic heterocycles. The van der Waals surface area contributed by atoms with Gasteiger partial charge in [0.25, 0.3) is 0 Å². The number of allylic oxidation sites excluding steroid dienone is 2. The minimum atomic E-state index is 0.204. The molecule has 3 heteroatoms. The third kappa shape index (κ3) is 4.36. The Bertz CT molecular complexity index is 848. The Balaban J connectivity index is 1.24. The van der Waals surface area contributed by atoms with Crippen LogP contribution in [0.15, 0.2) is 60.2 Å². The first-order valence-electron chi connectivity index (χ1n) is 10.4. The third-order valence-corrected chi connectivity index (χ3v) is 6.15. The maximum absolute atomic E-state index is 12.6. The molecular weight excluding hydrogens is 346 g/mol. The number of hydrogen-bond acceptors (Lipinski definition) is 3. The molecule has 0 bridgehead atoms. The molecule has 0 spiro atoms. The van der Waals surface area contributed by atoms with Gasteiger partial charge in [0, 0.05) is 24.1 Å². The fourth-order valence-electron chi connectivity index (χ4n) is 4.46.